The summed E-state index contributed by atoms with van der Waals surface area (Å²) in [6.07, 6.45) is -3.11. The van der Waals surface area contributed by atoms with E-state index in [1.165, 1.54) is 53.2 Å². The van der Waals surface area contributed by atoms with E-state index in [0.29, 0.717) is 20.9 Å². The third-order valence-corrected chi connectivity index (χ3v) is 8.79. The first-order chi connectivity index (χ1) is 21.6. The lowest BCUT2D eigenvalue weighted by Crippen LogP contribution is -2.77. The van der Waals surface area contributed by atoms with E-state index >= 15 is 8.78 Å². The van der Waals surface area contributed by atoms with Crippen LogP contribution in [0.4, 0.5) is 31.1 Å². The number of likely N-dealkylation sites (tertiary alicyclic amines) is 1. The maximum Gasteiger partial charge on any atom is 0.414 e. The van der Waals surface area contributed by atoms with Gasteiger partial charge in [0, 0.05) is 37.0 Å². The SMILES string of the molecule is CN1CC(N(Cc2ccc(F)cc2)C(=O)CN2C(=O)N[C@]3(CC(F)(F)c4cc(-c5cnn(CCO)c5)ccc43)C2=O)(C(F)(F)F)C1. The van der Waals surface area contributed by atoms with Crippen molar-refractivity contribution in [3.05, 3.63) is 77.4 Å². The Bertz CT molecular complexity index is 1700. The van der Waals surface area contributed by atoms with Crippen LogP contribution >= 0.6 is 0 Å². The zero-order valence-electron chi connectivity index (χ0n) is 24.3. The molecule has 2 saturated heterocycles. The molecule has 0 radical (unpaired) electrons. The first kappa shape index (κ1) is 31.5. The van der Waals surface area contributed by atoms with Gasteiger partial charge in [0.15, 0.2) is 11.1 Å². The quantitative estimate of drug-likeness (QED) is 0.286. The van der Waals surface area contributed by atoms with Crippen molar-refractivity contribution in [3.63, 3.8) is 0 Å². The van der Waals surface area contributed by atoms with Crippen molar-refractivity contribution >= 4 is 17.8 Å². The molecule has 1 aliphatic carbocycles. The Kier molecular flexibility index (Phi) is 7.42. The second-order valence-electron chi connectivity index (χ2n) is 11.9. The number of likely N-dealkylation sites (N-methyl/N-ethyl adjacent to an activating group) is 1. The van der Waals surface area contributed by atoms with E-state index in [2.05, 4.69) is 10.4 Å². The van der Waals surface area contributed by atoms with E-state index in [9.17, 15) is 31.9 Å². The summed E-state index contributed by atoms with van der Waals surface area (Å²) in [6.45, 7) is -2.94. The first-order valence-electron chi connectivity index (χ1n) is 14.2. The van der Waals surface area contributed by atoms with Crippen molar-refractivity contribution in [1.82, 2.24) is 29.8 Å². The number of amides is 4. The Labute approximate surface area is 258 Å². The van der Waals surface area contributed by atoms with E-state index < -0.39 is 85.0 Å². The van der Waals surface area contributed by atoms with Gasteiger partial charge < -0.3 is 20.2 Å². The van der Waals surface area contributed by atoms with Crippen molar-refractivity contribution in [2.24, 2.45) is 0 Å². The molecule has 3 heterocycles. The maximum atomic E-state index is 15.5. The third-order valence-electron chi connectivity index (χ3n) is 8.79. The number of nitrogens with zero attached hydrogens (tertiary/aromatic N) is 5. The summed E-state index contributed by atoms with van der Waals surface area (Å²) in [5, 5.41) is 15.5. The van der Waals surface area contributed by atoms with E-state index in [0.717, 1.165) is 12.1 Å². The lowest BCUT2D eigenvalue weighted by molar-refractivity contribution is -0.268. The monoisotopic (exact) mass is 650 g/mol. The van der Waals surface area contributed by atoms with Gasteiger partial charge in [-0.15, -0.1) is 0 Å². The number of carbonyl (C=O) groups is 3. The molecule has 1 spiro atoms. The largest absolute Gasteiger partial charge is 0.414 e. The number of hydrogen-bond donors (Lipinski definition) is 2. The van der Waals surface area contributed by atoms with Gasteiger partial charge in [0.25, 0.3) is 11.8 Å². The molecule has 244 valence electrons. The molecule has 4 amide bonds. The van der Waals surface area contributed by atoms with E-state index in [1.54, 1.807) is 6.20 Å². The Morgan fingerprint density at radius 1 is 1.07 bits per heavy atom. The fourth-order valence-electron chi connectivity index (χ4n) is 6.55. The zero-order valence-corrected chi connectivity index (χ0v) is 24.3. The normalized spacial score (nSPS) is 21.8. The molecule has 2 N–H and O–H groups in total. The fourth-order valence-corrected chi connectivity index (χ4v) is 6.55. The highest BCUT2D eigenvalue weighted by Gasteiger charge is 2.67. The molecule has 16 heteroatoms. The molecule has 2 aliphatic heterocycles. The highest BCUT2D eigenvalue weighted by atomic mass is 19.4. The smallest absolute Gasteiger partial charge is 0.394 e. The van der Waals surface area contributed by atoms with E-state index in [4.69, 9.17) is 5.11 Å². The standard InChI is InChI=1S/C30H28F6N6O4/c1-39-16-27(17-39,30(34,35)36)42(12-18-2-5-21(31)6-3-18)24(44)14-41-25(45)28(38-26(41)46)15-29(32,33)23-10-19(4-7-22(23)28)20-11-37-40(13-20)8-9-43/h2-7,10-11,13,43H,8-9,12,14-17H2,1H3,(H,38,46)/t28-/m0/s1. The summed E-state index contributed by atoms with van der Waals surface area (Å²) in [6, 6.07) is 7.17. The van der Waals surface area contributed by atoms with Gasteiger partial charge in [-0.2, -0.15) is 18.3 Å². The molecule has 1 atom stereocenters. The Morgan fingerprint density at radius 3 is 2.39 bits per heavy atom. The number of alkyl halides is 5. The molecule has 6 rings (SSSR count). The third kappa shape index (κ3) is 4.99. The Balaban J connectivity index is 1.30. The highest BCUT2D eigenvalue weighted by molar-refractivity contribution is 6.10. The number of halogens is 6. The molecule has 10 nitrogen and oxygen atoms in total. The van der Waals surface area contributed by atoms with Crippen LogP contribution in [0.15, 0.2) is 54.9 Å². The number of nitrogens with one attached hydrogen (secondary N) is 1. The van der Waals surface area contributed by atoms with Crippen LogP contribution in [-0.2, 0) is 34.1 Å². The van der Waals surface area contributed by atoms with Crippen molar-refractivity contribution < 1.29 is 45.8 Å². The minimum atomic E-state index is -4.91. The van der Waals surface area contributed by atoms with Crippen LogP contribution < -0.4 is 5.32 Å². The highest BCUT2D eigenvalue weighted by Crippen LogP contribution is 2.53. The van der Waals surface area contributed by atoms with Crippen molar-refractivity contribution in [3.8, 4) is 11.1 Å². The number of fused-ring (bicyclic) bond motifs is 2. The fraction of sp³-hybridized carbons (Fsp3) is 0.400. The Hall–Kier alpha value is -4.44. The van der Waals surface area contributed by atoms with Crippen LogP contribution in [0.25, 0.3) is 11.1 Å². The summed E-state index contributed by atoms with van der Waals surface area (Å²) in [4.78, 5) is 42.8. The number of aromatic nitrogens is 2. The van der Waals surface area contributed by atoms with Crippen molar-refractivity contribution in [2.45, 2.75) is 42.7 Å². The van der Waals surface area contributed by atoms with Gasteiger partial charge in [0.05, 0.1) is 25.8 Å². The minimum absolute atomic E-state index is 0.170. The topological polar surface area (TPSA) is 111 Å². The first-order valence-corrected chi connectivity index (χ1v) is 14.2. The van der Waals surface area contributed by atoms with Gasteiger partial charge in [-0.05, 0) is 41.9 Å². The molecule has 46 heavy (non-hydrogen) atoms. The predicted octanol–water partition coefficient (Wildman–Crippen LogP) is 3.20. The number of aliphatic hydroxyl groups is 1. The number of rotatable bonds is 8. The predicted molar refractivity (Wildman–Crippen MR) is 148 cm³/mol. The van der Waals surface area contributed by atoms with Crippen molar-refractivity contribution in [2.75, 3.05) is 33.3 Å². The molecule has 0 unspecified atom stereocenters. The summed E-state index contributed by atoms with van der Waals surface area (Å²) in [5.41, 5.74) is -4.69. The molecule has 0 bridgehead atoms. The molecule has 0 saturated carbocycles. The molecule has 2 aromatic carbocycles. The number of carbonyl (C=O) groups excluding carboxylic acids is 3. The van der Waals surface area contributed by atoms with Crippen LogP contribution in [-0.4, -0.2) is 92.4 Å². The van der Waals surface area contributed by atoms with Crippen LogP contribution in [0.3, 0.4) is 0 Å². The molecule has 2 fully saturated rings. The minimum Gasteiger partial charge on any atom is -0.394 e. The molecule has 3 aliphatic rings. The lowest BCUT2D eigenvalue weighted by Gasteiger charge is -2.55. The summed E-state index contributed by atoms with van der Waals surface area (Å²) < 4.78 is 89.5. The van der Waals surface area contributed by atoms with Crippen LogP contribution in [0.5, 0.6) is 0 Å². The van der Waals surface area contributed by atoms with Crippen LogP contribution in [0.1, 0.15) is 23.1 Å². The summed E-state index contributed by atoms with van der Waals surface area (Å²) in [5.74, 6) is -6.67. The molecule has 1 aromatic heterocycles. The second-order valence-corrected chi connectivity index (χ2v) is 11.9. The Morgan fingerprint density at radius 2 is 1.76 bits per heavy atom. The molecular formula is C30H28F6N6O4. The zero-order chi connectivity index (χ0) is 33.2. The van der Waals surface area contributed by atoms with Gasteiger partial charge >= 0.3 is 12.2 Å². The molecular weight excluding hydrogens is 622 g/mol. The van der Waals surface area contributed by atoms with Gasteiger partial charge in [0.1, 0.15) is 12.4 Å². The number of hydrogen-bond acceptors (Lipinski definition) is 6. The average Bonchev–Trinajstić information content (AvgIpc) is 3.59. The summed E-state index contributed by atoms with van der Waals surface area (Å²) in [7, 11) is 1.43. The van der Waals surface area contributed by atoms with Gasteiger partial charge in [-0.1, -0.05) is 24.3 Å². The molecule has 3 aromatic rings. The van der Waals surface area contributed by atoms with Gasteiger partial charge in [-0.25, -0.2) is 18.0 Å². The number of imide groups is 1. The lowest BCUT2D eigenvalue weighted by atomic mass is 9.86. The van der Waals surface area contributed by atoms with Crippen LogP contribution in [0.2, 0.25) is 0 Å². The van der Waals surface area contributed by atoms with Crippen molar-refractivity contribution in [1.29, 1.82) is 0 Å². The van der Waals surface area contributed by atoms with Gasteiger partial charge in [0.2, 0.25) is 5.91 Å². The number of benzene rings is 2. The van der Waals surface area contributed by atoms with Crippen LogP contribution in [0, 0.1) is 5.82 Å². The average molecular weight is 651 g/mol. The van der Waals surface area contributed by atoms with Gasteiger partial charge in [-0.3, -0.25) is 19.2 Å². The maximum absolute atomic E-state index is 15.5. The van der Waals surface area contributed by atoms with E-state index in [1.807, 2.05) is 0 Å². The number of aliphatic hydroxyl groups excluding tert-OH is 1. The number of urea groups is 1. The van der Waals surface area contributed by atoms with E-state index in [-0.39, 0.29) is 24.3 Å². The second kappa shape index (κ2) is 10.8. The summed E-state index contributed by atoms with van der Waals surface area (Å²) >= 11 is 0.